The zero-order valence-corrected chi connectivity index (χ0v) is 10.3. The van der Waals surface area contributed by atoms with Crippen molar-refractivity contribution in [2.45, 2.75) is 46.1 Å². The van der Waals surface area contributed by atoms with E-state index >= 15 is 0 Å². The quantitative estimate of drug-likeness (QED) is 0.699. The molecule has 0 aromatic carbocycles. The molecule has 0 saturated carbocycles. The second kappa shape index (κ2) is 7.96. The van der Waals surface area contributed by atoms with E-state index in [9.17, 15) is 9.59 Å². The van der Waals surface area contributed by atoms with Crippen LogP contribution in [-0.2, 0) is 4.79 Å². The van der Waals surface area contributed by atoms with Crippen molar-refractivity contribution in [2.75, 3.05) is 13.1 Å². The number of carboxylic acids is 1. The summed E-state index contributed by atoms with van der Waals surface area (Å²) in [5.41, 5.74) is 0. The van der Waals surface area contributed by atoms with E-state index in [1.54, 1.807) is 0 Å². The number of hydrogen-bond acceptors (Lipinski definition) is 2. The Hall–Kier alpha value is -1.26. The fraction of sp³-hybridized carbons (Fsp3) is 0.818. The van der Waals surface area contributed by atoms with Crippen LogP contribution in [0.25, 0.3) is 0 Å². The molecular formula is C11H22N2O3. The fourth-order valence-corrected chi connectivity index (χ4v) is 1.44. The third-order valence-electron chi connectivity index (χ3n) is 2.36. The van der Waals surface area contributed by atoms with Crippen molar-refractivity contribution in [1.29, 1.82) is 0 Å². The zero-order valence-electron chi connectivity index (χ0n) is 10.3. The van der Waals surface area contributed by atoms with Gasteiger partial charge in [0.25, 0.3) is 0 Å². The van der Waals surface area contributed by atoms with E-state index in [1.807, 2.05) is 13.8 Å². The van der Waals surface area contributed by atoms with Crippen LogP contribution in [-0.4, -0.2) is 41.1 Å². The molecule has 94 valence electrons. The van der Waals surface area contributed by atoms with Crippen LogP contribution in [0.3, 0.4) is 0 Å². The molecule has 0 saturated heterocycles. The van der Waals surface area contributed by atoms with Crippen LogP contribution in [0.2, 0.25) is 0 Å². The van der Waals surface area contributed by atoms with Crippen LogP contribution < -0.4 is 5.32 Å². The molecule has 0 aliphatic rings. The molecule has 0 rings (SSSR count). The van der Waals surface area contributed by atoms with Gasteiger partial charge in [0, 0.05) is 19.1 Å². The number of carbonyl (C=O) groups is 2. The van der Waals surface area contributed by atoms with Crippen molar-refractivity contribution in [2.24, 2.45) is 0 Å². The monoisotopic (exact) mass is 230 g/mol. The molecule has 0 spiro atoms. The summed E-state index contributed by atoms with van der Waals surface area (Å²) >= 11 is 0. The molecule has 1 unspecified atom stereocenters. The van der Waals surface area contributed by atoms with Crippen LogP contribution in [0.5, 0.6) is 0 Å². The highest BCUT2D eigenvalue weighted by molar-refractivity contribution is 5.75. The number of rotatable bonds is 7. The van der Waals surface area contributed by atoms with Gasteiger partial charge in [0.15, 0.2) is 0 Å². The maximum Gasteiger partial charge on any atom is 0.317 e. The molecule has 5 heteroatoms. The Kier molecular flexibility index (Phi) is 7.33. The van der Waals surface area contributed by atoms with Gasteiger partial charge in [0.2, 0.25) is 0 Å². The molecule has 1 atom stereocenters. The predicted octanol–water partition coefficient (Wildman–Crippen LogP) is 1.68. The standard InChI is InChI=1S/C11H22N2O3/c1-4-6-9(3)12-11(16)13(5-2)8-7-10(14)15/h9H,4-8H2,1-3H3,(H,12,16)(H,14,15). The summed E-state index contributed by atoms with van der Waals surface area (Å²) < 4.78 is 0. The van der Waals surface area contributed by atoms with Crippen molar-refractivity contribution in [1.82, 2.24) is 10.2 Å². The third kappa shape index (κ3) is 6.27. The van der Waals surface area contributed by atoms with Crippen molar-refractivity contribution >= 4 is 12.0 Å². The van der Waals surface area contributed by atoms with Gasteiger partial charge in [0.1, 0.15) is 0 Å². The summed E-state index contributed by atoms with van der Waals surface area (Å²) in [6.45, 7) is 6.64. The number of aliphatic carboxylic acids is 1. The SMILES string of the molecule is CCCC(C)NC(=O)N(CC)CCC(=O)O. The summed E-state index contributed by atoms with van der Waals surface area (Å²) in [6, 6.07) is -0.0407. The predicted molar refractivity (Wildman–Crippen MR) is 62.4 cm³/mol. The lowest BCUT2D eigenvalue weighted by Gasteiger charge is -2.23. The first-order valence-electron chi connectivity index (χ1n) is 5.78. The van der Waals surface area contributed by atoms with E-state index < -0.39 is 5.97 Å². The number of urea groups is 1. The van der Waals surface area contributed by atoms with Gasteiger partial charge in [-0.15, -0.1) is 0 Å². The summed E-state index contributed by atoms with van der Waals surface area (Å²) in [5.74, 6) is -0.882. The Morgan fingerprint density at radius 3 is 2.44 bits per heavy atom. The highest BCUT2D eigenvalue weighted by atomic mass is 16.4. The molecule has 0 aromatic rings. The van der Waals surface area contributed by atoms with Crippen LogP contribution in [0, 0.1) is 0 Å². The van der Waals surface area contributed by atoms with Gasteiger partial charge >= 0.3 is 12.0 Å². The number of carboxylic acid groups (broad SMARTS) is 1. The number of hydrogen-bond donors (Lipinski definition) is 2. The first kappa shape index (κ1) is 14.7. The van der Waals surface area contributed by atoms with Crippen molar-refractivity contribution in [3.8, 4) is 0 Å². The number of nitrogens with zero attached hydrogens (tertiary/aromatic N) is 1. The van der Waals surface area contributed by atoms with Gasteiger partial charge in [-0.2, -0.15) is 0 Å². The number of nitrogens with one attached hydrogen (secondary N) is 1. The van der Waals surface area contributed by atoms with Gasteiger partial charge in [-0.05, 0) is 20.3 Å². The van der Waals surface area contributed by atoms with E-state index in [0.717, 1.165) is 12.8 Å². The zero-order chi connectivity index (χ0) is 12.6. The Labute approximate surface area is 96.8 Å². The van der Waals surface area contributed by atoms with E-state index in [2.05, 4.69) is 12.2 Å². The van der Waals surface area contributed by atoms with Crippen LogP contribution in [0.15, 0.2) is 0 Å². The summed E-state index contributed by atoms with van der Waals surface area (Å²) in [4.78, 5) is 23.6. The first-order chi connectivity index (χ1) is 7.51. The van der Waals surface area contributed by atoms with Crippen LogP contribution in [0.1, 0.15) is 40.0 Å². The van der Waals surface area contributed by atoms with Gasteiger partial charge < -0.3 is 15.3 Å². The maximum atomic E-state index is 11.7. The molecule has 2 N–H and O–H groups in total. The van der Waals surface area contributed by atoms with Gasteiger partial charge in [0.05, 0.1) is 6.42 Å². The maximum absolute atomic E-state index is 11.7. The summed E-state index contributed by atoms with van der Waals surface area (Å²) in [5, 5.41) is 11.4. The van der Waals surface area contributed by atoms with Gasteiger partial charge in [-0.3, -0.25) is 4.79 Å². The minimum Gasteiger partial charge on any atom is -0.481 e. The van der Waals surface area contributed by atoms with E-state index in [-0.39, 0.29) is 25.0 Å². The van der Waals surface area contributed by atoms with Crippen molar-refractivity contribution < 1.29 is 14.7 Å². The number of carbonyl (C=O) groups excluding carboxylic acids is 1. The molecule has 0 bridgehead atoms. The smallest absolute Gasteiger partial charge is 0.317 e. The van der Waals surface area contributed by atoms with Crippen LogP contribution >= 0.6 is 0 Å². The highest BCUT2D eigenvalue weighted by Crippen LogP contribution is 1.98. The molecule has 5 nitrogen and oxygen atoms in total. The van der Waals surface area contributed by atoms with Gasteiger partial charge in [-0.1, -0.05) is 13.3 Å². The second-order valence-electron chi connectivity index (χ2n) is 3.86. The lowest BCUT2D eigenvalue weighted by atomic mass is 10.2. The summed E-state index contributed by atoms with van der Waals surface area (Å²) in [7, 11) is 0. The van der Waals surface area contributed by atoms with Crippen molar-refractivity contribution in [3.05, 3.63) is 0 Å². The van der Waals surface area contributed by atoms with E-state index in [1.165, 1.54) is 4.90 Å². The van der Waals surface area contributed by atoms with Gasteiger partial charge in [-0.25, -0.2) is 4.79 Å². The minimum absolute atomic E-state index is 0.0105. The molecule has 16 heavy (non-hydrogen) atoms. The molecular weight excluding hydrogens is 208 g/mol. The molecule has 0 aliphatic carbocycles. The average molecular weight is 230 g/mol. The third-order valence-corrected chi connectivity index (χ3v) is 2.36. The molecule has 0 radical (unpaired) electrons. The lowest BCUT2D eigenvalue weighted by molar-refractivity contribution is -0.137. The van der Waals surface area contributed by atoms with Crippen LogP contribution in [0.4, 0.5) is 4.79 Å². The van der Waals surface area contributed by atoms with E-state index in [0.29, 0.717) is 6.54 Å². The Morgan fingerprint density at radius 1 is 1.38 bits per heavy atom. The van der Waals surface area contributed by atoms with E-state index in [4.69, 9.17) is 5.11 Å². The topological polar surface area (TPSA) is 69.6 Å². The average Bonchev–Trinajstić information content (AvgIpc) is 2.18. The lowest BCUT2D eigenvalue weighted by Crippen LogP contribution is -2.44. The minimum atomic E-state index is -0.882. The second-order valence-corrected chi connectivity index (χ2v) is 3.86. The molecule has 0 aromatic heterocycles. The Bertz CT molecular complexity index is 231. The molecule has 0 fully saturated rings. The highest BCUT2D eigenvalue weighted by Gasteiger charge is 2.14. The number of amides is 2. The molecule has 2 amide bonds. The molecule has 0 heterocycles. The largest absolute Gasteiger partial charge is 0.481 e. The first-order valence-corrected chi connectivity index (χ1v) is 5.78. The Balaban J connectivity index is 4.04. The Morgan fingerprint density at radius 2 is 2.00 bits per heavy atom. The fourth-order valence-electron chi connectivity index (χ4n) is 1.44. The van der Waals surface area contributed by atoms with Crippen molar-refractivity contribution in [3.63, 3.8) is 0 Å². The summed E-state index contributed by atoms with van der Waals surface area (Å²) in [6.07, 6.45) is 1.94. The molecule has 0 aliphatic heterocycles. The normalized spacial score (nSPS) is 11.9.